The summed E-state index contributed by atoms with van der Waals surface area (Å²) >= 11 is 0. The largest absolute Gasteiger partial charge is 0.423 e. The smallest absolute Gasteiger partial charge is 0.298 e. The maximum absolute atomic E-state index is 5.81. The van der Waals surface area contributed by atoms with Crippen LogP contribution in [-0.2, 0) is 4.74 Å². The minimum Gasteiger partial charge on any atom is -0.423 e. The predicted octanol–water partition coefficient (Wildman–Crippen LogP) is 1.59. The molecule has 0 radical (unpaired) electrons. The number of rotatable bonds is 3. The summed E-state index contributed by atoms with van der Waals surface area (Å²) in [5, 5.41) is 0. The zero-order valence-electron chi connectivity index (χ0n) is 11.4. The summed E-state index contributed by atoms with van der Waals surface area (Å²) in [4.78, 5) is 8.84. The molecule has 2 heterocycles. The molecule has 0 N–H and O–H groups in total. The van der Waals surface area contributed by atoms with Crippen molar-refractivity contribution < 1.29 is 9.15 Å². The molecule has 0 saturated carbocycles. The van der Waals surface area contributed by atoms with Crippen LogP contribution in [-0.4, -0.2) is 56.3 Å². The minimum absolute atomic E-state index is 0.207. The number of likely N-dealkylation sites (N-methyl/N-ethyl adjacent to an activating group) is 1. The van der Waals surface area contributed by atoms with Crippen molar-refractivity contribution in [1.29, 1.82) is 0 Å². The van der Waals surface area contributed by atoms with Crippen LogP contribution in [0.25, 0.3) is 11.1 Å². The number of fused-ring (bicyclic) bond motifs is 1. The van der Waals surface area contributed by atoms with E-state index in [0.717, 1.165) is 37.3 Å². The zero-order valence-corrected chi connectivity index (χ0v) is 11.4. The fourth-order valence-corrected chi connectivity index (χ4v) is 2.41. The van der Waals surface area contributed by atoms with E-state index >= 15 is 0 Å². The van der Waals surface area contributed by atoms with Crippen LogP contribution in [0.3, 0.4) is 0 Å². The van der Waals surface area contributed by atoms with Gasteiger partial charge >= 0.3 is 0 Å². The van der Waals surface area contributed by atoms with Gasteiger partial charge in [0.25, 0.3) is 6.01 Å². The highest BCUT2D eigenvalue weighted by atomic mass is 16.5. The third-order valence-electron chi connectivity index (χ3n) is 3.26. The Morgan fingerprint density at radius 1 is 1.37 bits per heavy atom. The maximum atomic E-state index is 5.81. The maximum Gasteiger partial charge on any atom is 0.298 e. The standard InChI is InChI=1S/C14H19N3O2/c1-16(2)9-11-10-17(7-8-18-11)14-15-12-5-3-4-6-13(12)19-14/h3-6,11H,7-10H2,1-2H3/t11-/m1/s1. The van der Waals surface area contributed by atoms with E-state index in [1.807, 2.05) is 24.3 Å². The Bertz CT molecular complexity index is 519. The van der Waals surface area contributed by atoms with Gasteiger partial charge in [-0.3, -0.25) is 0 Å². The molecule has 1 aromatic heterocycles. The number of hydrogen-bond acceptors (Lipinski definition) is 5. The summed E-state index contributed by atoms with van der Waals surface area (Å²) in [6, 6.07) is 8.56. The van der Waals surface area contributed by atoms with Gasteiger partial charge in [0.05, 0.1) is 12.7 Å². The van der Waals surface area contributed by atoms with Crippen molar-refractivity contribution in [2.75, 3.05) is 45.2 Å². The number of benzene rings is 1. The Balaban J connectivity index is 1.77. The van der Waals surface area contributed by atoms with Crippen LogP contribution in [0.5, 0.6) is 0 Å². The number of anilines is 1. The van der Waals surface area contributed by atoms with E-state index in [2.05, 4.69) is 28.9 Å². The first-order valence-electron chi connectivity index (χ1n) is 6.59. The van der Waals surface area contributed by atoms with Crippen molar-refractivity contribution in [2.24, 2.45) is 0 Å². The van der Waals surface area contributed by atoms with Crippen molar-refractivity contribution >= 4 is 17.1 Å². The second-order valence-electron chi connectivity index (χ2n) is 5.17. The van der Waals surface area contributed by atoms with Gasteiger partial charge < -0.3 is 19.0 Å². The third kappa shape index (κ3) is 2.72. The molecular weight excluding hydrogens is 242 g/mol. The van der Waals surface area contributed by atoms with Gasteiger partial charge in [-0.05, 0) is 26.2 Å². The molecule has 5 heteroatoms. The summed E-state index contributed by atoms with van der Waals surface area (Å²) in [7, 11) is 4.11. The summed E-state index contributed by atoms with van der Waals surface area (Å²) in [5.74, 6) is 0. The van der Waals surface area contributed by atoms with E-state index < -0.39 is 0 Å². The van der Waals surface area contributed by atoms with Gasteiger partial charge in [-0.15, -0.1) is 0 Å². The highest BCUT2D eigenvalue weighted by Gasteiger charge is 2.24. The summed E-state index contributed by atoms with van der Waals surface area (Å²) in [5.41, 5.74) is 1.75. The minimum atomic E-state index is 0.207. The van der Waals surface area contributed by atoms with Crippen LogP contribution in [0.4, 0.5) is 6.01 Å². The molecule has 0 bridgehead atoms. The van der Waals surface area contributed by atoms with E-state index in [1.165, 1.54) is 0 Å². The number of hydrogen-bond donors (Lipinski definition) is 0. The molecule has 1 aromatic carbocycles. The number of oxazole rings is 1. The lowest BCUT2D eigenvalue weighted by Crippen LogP contribution is -2.46. The average molecular weight is 261 g/mol. The lowest BCUT2D eigenvalue weighted by atomic mass is 10.2. The lowest BCUT2D eigenvalue weighted by molar-refractivity contribution is 0.0233. The highest BCUT2D eigenvalue weighted by Crippen LogP contribution is 2.23. The lowest BCUT2D eigenvalue weighted by Gasteiger charge is -2.33. The molecule has 1 atom stereocenters. The Labute approximate surface area is 112 Å². The number of ether oxygens (including phenoxy) is 1. The van der Waals surface area contributed by atoms with Gasteiger partial charge in [-0.1, -0.05) is 12.1 Å². The molecule has 0 aliphatic carbocycles. The topological polar surface area (TPSA) is 41.7 Å². The van der Waals surface area contributed by atoms with Crippen LogP contribution in [0.15, 0.2) is 28.7 Å². The second-order valence-corrected chi connectivity index (χ2v) is 5.17. The molecule has 3 rings (SSSR count). The summed E-state index contributed by atoms with van der Waals surface area (Å²) in [6.07, 6.45) is 0.207. The van der Waals surface area contributed by atoms with E-state index in [-0.39, 0.29) is 6.10 Å². The number of nitrogens with zero attached hydrogens (tertiary/aromatic N) is 3. The summed E-state index contributed by atoms with van der Waals surface area (Å²) in [6.45, 7) is 3.29. The van der Waals surface area contributed by atoms with E-state index in [1.54, 1.807) is 0 Å². The van der Waals surface area contributed by atoms with Gasteiger partial charge in [0.1, 0.15) is 5.52 Å². The van der Waals surface area contributed by atoms with Crippen LogP contribution in [0, 0.1) is 0 Å². The number of para-hydroxylation sites is 2. The molecule has 1 saturated heterocycles. The van der Waals surface area contributed by atoms with E-state index in [0.29, 0.717) is 6.01 Å². The molecule has 0 unspecified atom stereocenters. The molecular formula is C14H19N3O2. The number of morpholine rings is 1. The first-order chi connectivity index (χ1) is 9.22. The van der Waals surface area contributed by atoms with Gasteiger partial charge in [0.15, 0.2) is 5.58 Å². The third-order valence-corrected chi connectivity index (χ3v) is 3.26. The Morgan fingerprint density at radius 3 is 3.00 bits per heavy atom. The molecule has 19 heavy (non-hydrogen) atoms. The van der Waals surface area contributed by atoms with Crippen LogP contribution in [0.2, 0.25) is 0 Å². The number of aromatic nitrogens is 1. The predicted molar refractivity (Wildman–Crippen MR) is 74.5 cm³/mol. The zero-order chi connectivity index (χ0) is 13.2. The van der Waals surface area contributed by atoms with Crippen molar-refractivity contribution in [3.05, 3.63) is 24.3 Å². The van der Waals surface area contributed by atoms with E-state index in [4.69, 9.17) is 9.15 Å². The molecule has 0 amide bonds. The van der Waals surface area contributed by atoms with Crippen molar-refractivity contribution in [1.82, 2.24) is 9.88 Å². The average Bonchev–Trinajstić information content (AvgIpc) is 2.82. The molecule has 5 nitrogen and oxygen atoms in total. The van der Waals surface area contributed by atoms with Gasteiger partial charge in [-0.2, -0.15) is 4.98 Å². The molecule has 1 fully saturated rings. The monoisotopic (exact) mass is 261 g/mol. The molecule has 1 aliphatic heterocycles. The molecule has 0 spiro atoms. The van der Waals surface area contributed by atoms with Crippen molar-refractivity contribution in [3.8, 4) is 0 Å². The molecule has 2 aromatic rings. The molecule has 102 valence electrons. The quantitative estimate of drug-likeness (QED) is 0.839. The van der Waals surface area contributed by atoms with Gasteiger partial charge in [0.2, 0.25) is 0 Å². The first-order valence-corrected chi connectivity index (χ1v) is 6.59. The van der Waals surface area contributed by atoms with Gasteiger partial charge in [-0.25, -0.2) is 0 Å². The molecule has 1 aliphatic rings. The Kier molecular flexibility index (Phi) is 3.40. The SMILES string of the molecule is CN(C)C[C@@H]1CN(c2nc3ccccc3o2)CCO1. The first kappa shape index (κ1) is 12.4. The fraction of sp³-hybridized carbons (Fsp3) is 0.500. The van der Waals surface area contributed by atoms with Gasteiger partial charge in [0, 0.05) is 19.6 Å². The van der Waals surface area contributed by atoms with Crippen molar-refractivity contribution in [2.45, 2.75) is 6.10 Å². The van der Waals surface area contributed by atoms with Crippen LogP contribution in [0.1, 0.15) is 0 Å². The Morgan fingerprint density at radius 2 is 2.21 bits per heavy atom. The second kappa shape index (κ2) is 5.19. The fourth-order valence-electron chi connectivity index (χ4n) is 2.41. The Hall–Kier alpha value is -1.59. The van der Waals surface area contributed by atoms with Crippen LogP contribution < -0.4 is 4.90 Å². The van der Waals surface area contributed by atoms with Crippen molar-refractivity contribution in [3.63, 3.8) is 0 Å². The van der Waals surface area contributed by atoms with E-state index in [9.17, 15) is 0 Å². The van der Waals surface area contributed by atoms with Crippen LogP contribution >= 0.6 is 0 Å². The normalized spacial score (nSPS) is 20.4. The summed E-state index contributed by atoms with van der Waals surface area (Å²) < 4.78 is 11.6. The highest BCUT2D eigenvalue weighted by molar-refractivity contribution is 5.74.